The van der Waals surface area contributed by atoms with Crippen molar-refractivity contribution in [3.63, 3.8) is 0 Å². The maximum atomic E-state index is 12.9. The predicted molar refractivity (Wildman–Crippen MR) is 143 cm³/mol. The second kappa shape index (κ2) is 9.70. The third kappa shape index (κ3) is 5.26. The molecular formula is C30H25N3O4. The number of benzene rings is 3. The molecule has 0 spiro atoms. The molecule has 0 saturated heterocycles. The molecule has 2 aromatic heterocycles. The molecule has 0 radical (unpaired) electrons. The van der Waals surface area contributed by atoms with E-state index in [-0.39, 0.29) is 17.3 Å². The highest BCUT2D eigenvalue weighted by Gasteiger charge is 2.12. The number of aromatic nitrogens is 2. The van der Waals surface area contributed by atoms with Crippen molar-refractivity contribution in [2.75, 3.05) is 5.32 Å². The third-order valence-corrected chi connectivity index (χ3v) is 5.85. The largest absolute Gasteiger partial charge is 0.456 e. The van der Waals surface area contributed by atoms with Crippen LogP contribution in [0.3, 0.4) is 0 Å². The van der Waals surface area contributed by atoms with Crippen LogP contribution >= 0.6 is 0 Å². The van der Waals surface area contributed by atoms with Crippen LogP contribution in [0.5, 0.6) is 11.8 Å². The number of hydrogen-bond acceptors (Lipinski definition) is 6. The smallest absolute Gasteiger partial charge is 0.322 e. The van der Waals surface area contributed by atoms with Gasteiger partial charge in [0.05, 0.1) is 5.39 Å². The summed E-state index contributed by atoms with van der Waals surface area (Å²) in [5.41, 5.74) is 5.74. The topological polar surface area (TPSA) is 94.3 Å². The van der Waals surface area contributed by atoms with E-state index < -0.39 is 0 Å². The van der Waals surface area contributed by atoms with Gasteiger partial charge in [0, 0.05) is 40.3 Å². The fourth-order valence-corrected chi connectivity index (χ4v) is 4.22. The predicted octanol–water partition coefficient (Wildman–Crippen LogP) is 6.53. The molecule has 1 amide bonds. The number of rotatable bonds is 5. The van der Waals surface area contributed by atoms with Crippen molar-refractivity contribution in [1.82, 2.24) is 9.97 Å². The Morgan fingerprint density at radius 3 is 2.32 bits per heavy atom. The van der Waals surface area contributed by atoms with Crippen molar-refractivity contribution in [1.29, 1.82) is 0 Å². The van der Waals surface area contributed by atoms with E-state index in [4.69, 9.17) is 9.15 Å². The number of fused-ring (bicyclic) bond motifs is 1. The molecule has 0 aliphatic heterocycles. The number of carbonyl (C=O) groups is 1. The summed E-state index contributed by atoms with van der Waals surface area (Å²) in [5, 5.41) is 3.44. The van der Waals surface area contributed by atoms with E-state index >= 15 is 0 Å². The van der Waals surface area contributed by atoms with E-state index in [1.165, 1.54) is 6.07 Å². The number of ether oxygens (including phenoxy) is 1. The van der Waals surface area contributed by atoms with Gasteiger partial charge in [-0.25, -0.2) is 9.97 Å². The highest BCUT2D eigenvalue weighted by molar-refractivity contribution is 6.04. The number of hydrogen-bond donors (Lipinski definition) is 1. The van der Waals surface area contributed by atoms with Crippen LogP contribution in [0, 0.1) is 27.7 Å². The van der Waals surface area contributed by atoms with Gasteiger partial charge in [0.25, 0.3) is 5.91 Å². The molecule has 0 aliphatic carbocycles. The Labute approximate surface area is 213 Å². The van der Waals surface area contributed by atoms with Gasteiger partial charge in [-0.3, -0.25) is 9.59 Å². The Kier molecular flexibility index (Phi) is 6.27. The molecule has 37 heavy (non-hydrogen) atoms. The summed E-state index contributed by atoms with van der Waals surface area (Å²) in [6.45, 7) is 7.62. The number of amides is 1. The zero-order valence-electron chi connectivity index (χ0n) is 21.0. The lowest BCUT2D eigenvalue weighted by atomic mass is 10.1. The highest BCUT2D eigenvalue weighted by atomic mass is 16.5. The number of carbonyl (C=O) groups excluding carboxylic acids is 1. The van der Waals surface area contributed by atoms with Crippen LogP contribution in [0.15, 0.2) is 82.0 Å². The number of aryl methyl sites for hydroxylation is 4. The molecule has 7 heteroatoms. The normalized spacial score (nSPS) is 10.9. The van der Waals surface area contributed by atoms with E-state index in [2.05, 4.69) is 15.3 Å². The molecule has 0 bridgehead atoms. The minimum Gasteiger partial charge on any atom is -0.456 e. The van der Waals surface area contributed by atoms with Crippen LogP contribution in [0.4, 0.5) is 5.69 Å². The molecule has 3 aromatic carbocycles. The summed E-state index contributed by atoms with van der Waals surface area (Å²) >= 11 is 0. The quantitative estimate of drug-likeness (QED) is 0.300. The first-order valence-corrected chi connectivity index (χ1v) is 11.8. The van der Waals surface area contributed by atoms with Gasteiger partial charge in [0.1, 0.15) is 17.1 Å². The van der Waals surface area contributed by atoms with Crippen molar-refractivity contribution in [3.05, 3.63) is 111 Å². The maximum absolute atomic E-state index is 12.9. The molecule has 0 fully saturated rings. The minimum absolute atomic E-state index is 0.0989. The summed E-state index contributed by atoms with van der Waals surface area (Å²) in [4.78, 5) is 34.1. The van der Waals surface area contributed by atoms with Crippen molar-refractivity contribution >= 4 is 22.6 Å². The monoisotopic (exact) mass is 491 g/mol. The van der Waals surface area contributed by atoms with Gasteiger partial charge >= 0.3 is 6.01 Å². The second-order valence-electron chi connectivity index (χ2n) is 9.03. The molecule has 0 saturated carbocycles. The number of anilines is 1. The van der Waals surface area contributed by atoms with Gasteiger partial charge in [-0.15, -0.1) is 0 Å². The first-order chi connectivity index (χ1) is 17.7. The maximum Gasteiger partial charge on any atom is 0.322 e. The first kappa shape index (κ1) is 23.9. The van der Waals surface area contributed by atoms with Crippen LogP contribution in [-0.2, 0) is 0 Å². The van der Waals surface area contributed by atoms with Gasteiger partial charge < -0.3 is 14.5 Å². The number of nitrogens with one attached hydrogen (secondary N) is 1. The SMILES string of the molecule is Cc1cc(C)c2oc(-c3ccc(C(=O)Nc4cccc(Oc5nc(C)cc(C)n5)c4)cc3)cc(=O)c2c1. The lowest BCUT2D eigenvalue weighted by Crippen LogP contribution is -2.11. The van der Waals surface area contributed by atoms with Crippen LogP contribution in [0.1, 0.15) is 32.9 Å². The molecule has 2 heterocycles. The van der Waals surface area contributed by atoms with Crippen LogP contribution in [0.25, 0.3) is 22.3 Å². The van der Waals surface area contributed by atoms with Gasteiger partial charge in [0.15, 0.2) is 5.43 Å². The summed E-state index contributed by atoms with van der Waals surface area (Å²) in [7, 11) is 0. The Hall–Kier alpha value is -4.78. The lowest BCUT2D eigenvalue weighted by Gasteiger charge is -2.10. The van der Waals surface area contributed by atoms with Crippen LogP contribution in [0.2, 0.25) is 0 Å². The van der Waals surface area contributed by atoms with Crippen LogP contribution < -0.4 is 15.5 Å². The molecule has 0 atom stereocenters. The first-order valence-electron chi connectivity index (χ1n) is 11.8. The highest BCUT2D eigenvalue weighted by Crippen LogP contribution is 2.26. The zero-order valence-corrected chi connectivity index (χ0v) is 21.0. The molecule has 184 valence electrons. The van der Waals surface area contributed by atoms with Crippen LogP contribution in [-0.4, -0.2) is 15.9 Å². The summed E-state index contributed by atoms with van der Waals surface area (Å²) in [6, 6.07) is 21.4. The summed E-state index contributed by atoms with van der Waals surface area (Å²) in [5.74, 6) is 0.683. The standard InChI is InChI=1S/C30H25N3O4/c1-17-12-18(2)28-25(13-17)26(34)16-27(37-28)21-8-10-22(11-9-21)29(35)33-23-6-5-7-24(15-23)36-30-31-19(3)14-20(4)32-30/h5-16H,1-4H3,(H,33,35). The molecule has 5 aromatic rings. The van der Waals surface area contributed by atoms with Crippen molar-refractivity contribution in [2.45, 2.75) is 27.7 Å². The molecular weight excluding hydrogens is 466 g/mol. The van der Waals surface area contributed by atoms with Crippen molar-refractivity contribution in [3.8, 4) is 23.1 Å². The fourth-order valence-electron chi connectivity index (χ4n) is 4.22. The van der Waals surface area contributed by atoms with Crippen molar-refractivity contribution < 1.29 is 13.9 Å². The Balaban J connectivity index is 1.33. The van der Waals surface area contributed by atoms with E-state index in [1.54, 1.807) is 48.5 Å². The van der Waals surface area contributed by atoms with E-state index in [9.17, 15) is 9.59 Å². The fraction of sp³-hybridized carbons (Fsp3) is 0.133. The summed E-state index contributed by atoms with van der Waals surface area (Å²) in [6.07, 6.45) is 0. The number of nitrogens with zero attached hydrogens (tertiary/aromatic N) is 2. The van der Waals surface area contributed by atoms with Crippen molar-refractivity contribution in [2.24, 2.45) is 0 Å². The van der Waals surface area contributed by atoms with E-state index in [0.29, 0.717) is 39.3 Å². The van der Waals surface area contributed by atoms with E-state index in [0.717, 1.165) is 22.5 Å². The van der Waals surface area contributed by atoms with Gasteiger partial charge in [-0.2, -0.15) is 0 Å². The second-order valence-corrected chi connectivity index (χ2v) is 9.03. The Morgan fingerprint density at radius 2 is 1.59 bits per heavy atom. The zero-order chi connectivity index (χ0) is 26.1. The van der Waals surface area contributed by atoms with Gasteiger partial charge in [-0.05, 0) is 75.2 Å². The molecule has 5 rings (SSSR count). The Morgan fingerprint density at radius 1 is 0.865 bits per heavy atom. The minimum atomic E-state index is -0.280. The molecule has 0 unspecified atom stereocenters. The molecule has 1 N–H and O–H groups in total. The lowest BCUT2D eigenvalue weighted by molar-refractivity contribution is 0.102. The van der Waals surface area contributed by atoms with E-state index in [1.807, 2.05) is 45.9 Å². The average molecular weight is 492 g/mol. The van der Waals surface area contributed by atoms with Gasteiger partial charge in [0.2, 0.25) is 0 Å². The molecule has 0 aliphatic rings. The Bertz CT molecular complexity index is 1690. The van der Waals surface area contributed by atoms with Gasteiger partial charge in [-0.1, -0.05) is 24.3 Å². The molecule has 7 nitrogen and oxygen atoms in total. The third-order valence-electron chi connectivity index (χ3n) is 5.85. The summed E-state index contributed by atoms with van der Waals surface area (Å²) < 4.78 is 11.8. The average Bonchev–Trinajstić information content (AvgIpc) is 2.84.